The minimum Gasteiger partial charge on any atom is -0.390 e. The lowest BCUT2D eigenvalue weighted by molar-refractivity contribution is -0.0660. The molecule has 0 aromatic heterocycles. The fraction of sp³-hybridized carbons (Fsp3) is 0.684. The Balaban J connectivity index is 2.17. The van der Waals surface area contributed by atoms with Gasteiger partial charge in [-0.3, -0.25) is 0 Å². The Kier molecular flexibility index (Phi) is 5.45. The van der Waals surface area contributed by atoms with Gasteiger partial charge < -0.3 is 9.84 Å². The second-order valence-corrected chi connectivity index (χ2v) is 7.43. The van der Waals surface area contributed by atoms with Gasteiger partial charge in [0.15, 0.2) is 0 Å². The second kappa shape index (κ2) is 6.93. The van der Waals surface area contributed by atoms with Crippen LogP contribution in [-0.4, -0.2) is 17.3 Å². The molecule has 2 nitrogen and oxygen atoms in total. The van der Waals surface area contributed by atoms with Crippen LogP contribution in [0.3, 0.4) is 0 Å². The summed E-state index contributed by atoms with van der Waals surface area (Å²) in [7, 11) is 0. The summed E-state index contributed by atoms with van der Waals surface area (Å²) in [5.41, 5.74) is 2.03. The van der Waals surface area contributed by atoms with Crippen molar-refractivity contribution in [3.63, 3.8) is 0 Å². The second-order valence-electron chi connectivity index (χ2n) is 7.43. The summed E-state index contributed by atoms with van der Waals surface area (Å²) >= 11 is 0. The highest BCUT2D eigenvalue weighted by Gasteiger charge is 2.34. The van der Waals surface area contributed by atoms with E-state index in [0.717, 1.165) is 25.9 Å². The molecule has 1 aliphatic heterocycles. The van der Waals surface area contributed by atoms with Crippen LogP contribution in [0.2, 0.25) is 0 Å². The van der Waals surface area contributed by atoms with Crippen LogP contribution in [0.5, 0.6) is 0 Å². The van der Waals surface area contributed by atoms with Crippen molar-refractivity contribution in [3.8, 4) is 0 Å². The van der Waals surface area contributed by atoms with Crippen LogP contribution in [0.25, 0.3) is 0 Å². The molecule has 2 heteroatoms. The van der Waals surface area contributed by atoms with Gasteiger partial charge in [0.05, 0.1) is 18.3 Å². The molecular weight excluding hydrogens is 260 g/mol. The summed E-state index contributed by atoms with van der Waals surface area (Å²) in [6.45, 7) is 9.49. The van der Waals surface area contributed by atoms with E-state index in [-0.39, 0.29) is 6.10 Å². The molecule has 1 N–H and O–H groups in total. The number of hydrogen-bond donors (Lipinski definition) is 1. The van der Waals surface area contributed by atoms with Gasteiger partial charge in [0.2, 0.25) is 0 Å². The van der Waals surface area contributed by atoms with E-state index < -0.39 is 5.60 Å². The Morgan fingerprint density at radius 1 is 1.14 bits per heavy atom. The summed E-state index contributed by atoms with van der Waals surface area (Å²) in [5.74, 6) is 0.986. The molecule has 0 radical (unpaired) electrons. The molecule has 1 aliphatic rings. The van der Waals surface area contributed by atoms with Crippen molar-refractivity contribution in [1.29, 1.82) is 0 Å². The topological polar surface area (TPSA) is 29.5 Å². The maximum atomic E-state index is 11.1. The van der Waals surface area contributed by atoms with E-state index in [2.05, 4.69) is 52.0 Å². The molecule has 0 amide bonds. The third-order valence-corrected chi connectivity index (χ3v) is 4.23. The van der Waals surface area contributed by atoms with Crippen molar-refractivity contribution in [2.75, 3.05) is 6.61 Å². The van der Waals surface area contributed by atoms with Crippen LogP contribution >= 0.6 is 0 Å². The Labute approximate surface area is 129 Å². The number of hydrogen-bond acceptors (Lipinski definition) is 2. The Hall–Kier alpha value is -0.860. The Morgan fingerprint density at radius 3 is 2.38 bits per heavy atom. The largest absolute Gasteiger partial charge is 0.390 e. The van der Waals surface area contributed by atoms with Gasteiger partial charge in [-0.25, -0.2) is 0 Å². The summed E-state index contributed by atoms with van der Waals surface area (Å²) in [6, 6.07) is 8.51. The zero-order valence-corrected chi connectivity index (χ0v) is 13.9. The molecule has 0 saturated carbocycles. The van der Waals surface area contributed by atoms with Crippen LogP contribution < -0.4 is 0 Å². The standard InChI is InChI=1S/C19H30O2/c1-14(2)11-19(20,12-15(3)4)13-18-17-8-6-5-7-16(17)9-10-21-18/h5-8,14-15,18,20H,9-13H2,1-4H3. The normalized spacial score (nSPS) is 19.1. The third kappa shape index (κ3) is 4.55. The fourth-order valence-corrected chi connectivity index (χ4v) is 3.76. The molecule has 1 heterocycles. The smallest absolute Gasteiger partial charge is 0.0855 e. The SMILES string of the molecule is CC(C)CC(O)(CC(C)C)CC1OCCc2ccccc21. The first-order valence-electron chi connectivity index (χ1n) is 8.31. The predicted octanol–water partition coefficient (Wildman–Crippen LogP) is 4.51. The van der Waals surface area contributed by atoms with Gasteiger partial charge in [-0.2, -0.15) is 0 Å². The van der Waals surface area contributed by atoms with E-state index in [9.17, 15) is 5.11 Å². The van der Waals surface area contributed by atoms with Gasteiger partial charge in [0, 0.05) is 6.42 Å². The zero-order chi connectivity index (χ0) is 15.5. The lowest BCUT2D eigenvalue weighted by Crippen LogP contribution is -2.36. The average molecular weight is 290 g/mol. The van der Waals surface area contributed by atoms with E-state index in [1.807, 2.05) is 0 Å². The molecule has 1 unspecified atom stereocenters. The lowest BCUT2D eigenvalue weighted by atomic mass is 9.79. The predicted molar refractivity (Wildman–Crippen MR) is 87.3 cm³/mol. The molecule has 1 atom stereocenters. The van der Waals surface area contributed by atoms with Gasteiger partial charge >= 0.3 is 0 Å². The number of benzene rings is 1. The van der Waals surface area contributed by atoms with Crippen molar-refractivity contribution in [3.05, 3.63) is 35.4 Å². The van der Waals surface area contributed by atoms with Crippen molar-refractivity contribution in [2.24, 2.45) is 11.8 Å². The first-order chi connectivity index (χ1) is 9.89. The van der Waals surface area contributed by atoms with Crippen LogP contribution in [0, 0.1) is 11.8 Å². The number of fused-ring (bicyclic) bond motifs is 1. The maximum absolute atomic E-state index is 11.1. The molecular formula is C19H30O2. The Morgan fingerprint density at radius 2 is 1.76 bits per heavy atom. The van der Waals surface area contributed by atoms with Gasteiger partial charge in [0.1, 0.15) is 0 Å². The van der Waals surface area contributed by atoms with Crippen LogP contribution in [0.1, 0.15) is 64.2 Å². The summed E-state index contributed by atoms with van der Waals surface area (Å²) in [5, 5.41) is 11.1. The molecule has 0 spiro atoms. The molecule has 0 aliphatic carbocycles. The summed E-state index contributed by atoms with van der Waals surface area (Å²) < 4.78 is 6.00. The minimum absolute atomic E-state index is 0.0393. The van der Waals surface area contributed by atoms with E-state index in [0.29, 0.717) is 18.3 Å². The van der Waals surface area contributed by atoms with Crippen LogP contribution in [0.15, 0.2) is 24.3 Å². The van der Waals surface area contributed by atoms with Crippen molar-refractivity contribution >= 4 is 0 Å². The molecule has 0 bridgehead atoms. The van der Waals surface area contributed by atoms with Gasteiger partial charge in [-0.1, -0.05) is 52.0 Å². The molecule has 21 heavy (non-hydrogen) atoms. The highest BCUT2D eigenvalue weighted by Crippen LogP contribution is 2.38. The summed E-state index contributed by atoms with van der Waals surface area (Å²) in [6.07, 6.45) is 3.41. The van der Waals surface area contributed by atoms with Crippen molar-refractivity contribution in [1.82, 2.24) is 0 Å². The van der Waals surface area contributed by atoms with Crippen LogP contribution in [-0.2, 0) is 11.2 Å². The van der Waals surface area contributed by atoms with Crippen molar-refractivity contribution < 1.29 is 9.84 Å². The first-order valence-corrected chi connectivity index (χ1v) is 8.31. The number of ether oxygens (including phenoxy) is 1. The average Bonchev–Trinajstić information content (AvgIpc) is 2.36. The molecule has 2 rings (SSSR count). The van der Waals surface area contributed by atoms with Gasteiger partial charge in [-0.05, 0) is 42.2 Å². The fourth-order valence-electron chi connectivity index (χ4n) is 3.76. The quantitative estimate of drug-likeness (QED) is 0.835. The van der Waals surface area contributed by atoms with Gasteiger partial charge in [0.25, 0.3) is 0 Å². The minimum atomic E-state index is -0.628. The van der Waals surface area contributed by atoms with E-state index in [1.54, 1.807) is 0 Å². The number of aliphatic hydroxyl groups is 1. The molecule has 1 aromatic rings. The van der Waals surface area contributed by atoms with Crippen LogP contribution in [0.4, 0.5) is 0 Å². The highest BCUT2D eigenvalue weighted by atomic mass is 16.5. The van der Waals surface area contributed by atoms with Gasteiger partial charge in [-0.15, -0.1) is 0 Å². The molecule has 0 saturated heterocycles. The molecule has 1 aromatic carbocycles. The highest BCUT2D eigenvalue weighted by molar-refractivity contribution is 5.31. The Bertz CT molecular complexity index is 441. The zero-order valence-electron chi connectivity index (χ0n) is 13.9. The monoisotopic (exact) mass is 290 g/mol. The van der Waals surface area contributed by atoms with E-state index in [4.69, 9.17) is 4.74 Å². The summed E-state index contributed by atoms with van der Waals surface area (Å²) in [4.78, 5) is 0. The third-order valence-electron chi connectivity index (χ3n) is 4.23. The van der Waals surface area contributed by atoms with E-state index >= 15 is 0 Å². The number of rotatable bonds is 6. The maximum Gasteiger partial charge on any atom is 0.0855 e. The lowest BCUT2D eigenvalue weighted by Gasteiger charge is -2.37. The van der Waals surface area contributed by atoms with Crippen molar-refractivity contribution in [2.45, 2.75) is 65.1 Å². The molecule has 118 valence electrons. The first kappa shape index (κ1) is 16.5. The molecule has 0 fully saturated rings. The van der Waals surface area contributed by atoms with E-state index in [1.165, 1.54) is 11.1 Å².